The number of benzene rings is 1. The van der Waals surface area contributed by atoms with Crippen LogP contribution in [0.1, 0.15) is 23.3 Å². The molecule has 148 valence electrons. The number of nitro benzene ring substituents is 1. The first-order valence-electron chi connectivity index (χ1n) is 8.85. The van der Waals surface area contributed by atoms with Crippen LogP contribution < -0.4 is 5.32 Å². The lowest BCUT2D eigenvalue weighted by molar-refractivity contribution is -0.384. The van der Waals surface area contributed by atoms with Gasteiger partial charge in [0.2, 0.25) is 5.91 Å². The predicted molar refractivity (Wildman–Crippen MR) is 105 cm³/mol. The molecule has 1 unspecified atom stereocenters. The van der Waals surface area contributed by atoms with Gasteiger partial charge in [-0.05, 0) is 25.0 Å². The van der Waals surface area contributed by atoms with Gasteiger partial charge in [-0.15, -0.1) is 11.3 Å². The molecule has 0 spiro atoms. The third-order valence-electron chi connectivity index (χ3n) is 4.59. The molecule has 0 radical (unpaired) electrons. The van der Waals surface area contributed by atoms with Gasteiger partial charge in [-0.2, -0.15) is 5.10 Å². The number of non-ortho nitro benzene ring substituents is 1. The summed E-state index contributed by atoms with van der Waals surface area (Å²) in [4.78, 5) is 41.5. The van der Waals surface area contributed by atoms with Gasteiger partial charge in [0.05, 0.1) is 10.6 Å². The van der Waals surface area contributed by atoms with Gasteiger partial charge in [0, 0.05) is 36.5 Å². The van der Waals surface area contributed by atoms with E-state index >= 15 is 0 Å². The second kappa shape index (κ2) is 7.80. The highest BCUT2D eigenvalue weighted by molar-refractivity contribution is 7.13. The van der Waals surface area contributed by atoms with Crippen LogP contribution >= 0.6 is 11.3 Å². The van der Waals surface area contributed by atoms with Crippen LogP contribution in [0.4, 0.5) is 10.8 Å². The number of carbonyl (C=O) groups is 2. The third-order valence-corrected chi connectivity index (χ3v) is 5.28. The zero-order valence-corrected chi connectivity index (χ0v) is 15.9. The number of carbonyl (C=O) groups excluding carboxylic acids is 2. The number of rotatable bonds is 5. The quantitative estimate of drug-likeness (QED) is 0.507. The molecule has 4 rings (SSSR count). The van der Waals surface area contributed by atoms with Gasteiger partial charge in [0.1, 0.15) is 6.04 Å². The first-order valence-corrected chi connectivity index (χ1v) is 9.73. The zero-order valence-electron chi connectivity index (χ0n) is 15.1. The summed E-state index contributed by atoms with van der Waals surface area (Å²) in [5.41, 5.74) is 0.576. The maximum Gasteiger partial charge on any atom is 0.275 e. The molecule has 1 aliphatic rings. The van der Waals surface area contributed by atoms with Crippen molar-refractivity contribution in [3.05, 3.63) is 63.9 Å². The topological polar surface area (TPSA) is 123 Å². The SMILES string of the molecule is O=C(Nc1nccs1)C1CCCN1C(=O)c1ccn(-c2cccc([N+](=O)[O-])c2)n1. The molecular weight excluding hydrogens is 396 g/mol. The van der Waals surface area contributed by atoms with Crippen LogP contribution in [0, 0.1) is 10.1 Å². The number of nitrogens with one attached hydrogen (secondary N) is 1. The number of thiazole rings is 1. The largest absolute Gasteiger partial charge is 0.325 e. The molecule has 0 saturated carbocycles. The molecule has 3 aromatic rings. The van der Waals surface area contributed by atoms with Crippen LogP contribution in [0.5, 0.6) is 0 Å². The van der Waals surface area contributed by atoms with E-state index in [0.717, 1.165) is 0 Å². The third kappa shape index (κ3) is 3.85. The molecule has 1 aliphatic heterocycles. The molecule has 1 atom stereocenters. The Bertz CT molecular complexity index is 1060. The first kappa shape index (κ1) is 18.7. The summed E-state index contributed by atoms with van der Waals surface area (Å²) in [6.07, 6.45) is 4.44. The number of hydrogen-bond acceptors (Lipinski definition) is 7. The van der Waals surface area contributed by atoms with Crippen molar-refractivity contribution in [2.45, 2.75) is 18.9 Å². The van der Waals surface area contributed by atoms with E-state index in [9.17, 15) is 19.7 Å². The van der Waals surface area contributed by atoms with Gasteiger partial charge < -0.3 is 10.2 Å². The fourth-order valence-electron chi connectivity index (χ4n) is 3.23. The van der Waals surface area contributed by atoms with Crippen LogP contribution in [0.3, 0.4) is 0 Å². The van der Waals surface area contributed by atoms with Crippen molar-refractivity contribution in [2.75, 3.05) is 11.9 Å². The monoisotopic (exact) mass is 412 g/mol. The summed E-state index contributed by atoms with van der Waals surface area (Å²) in [6.45, 7) is 0.457. The highest BCUT2D eigenvalue weighted by atomic mass is 32.1. The minimum Gasteiger partial charge on any atom is -0.325 e. The second-order valence-corrected chi connectivity index (χ2v) is 7.30. The fraction of sp³-hybridized carbons (Fsp3) is 0.222. The van der Waals surface area contributed by atoms with E-state index in [0.29, 0.717) is 30.2 Å². The molecule has 1 fully saturated rings. The highest BCUT2D eigenvalue weighted by Crippen LogP contribution is 2.23. The number of aromatic nitrogens is 3. The lowest BCUT2D eigenvalue weighted by atomic mass is 10.2. The van der Waals surface area contributed by atoms with Crippen LogP contribution in [-0.2, 0) is 4.79 Å². The van der Waals surface area contributed by atoms with Gasteiger partial charge in [0.15, 0.2) is 10.8 Å². The van der Waals surface area contributed by atoms with Crippen LogP contribution in [0.25, 0.3) is 5.69 Å². The predicted octanol–water partition coefficient (Wildman–Crippen LogP) is 2.48. The maximum atomic E-state index is 12.9. The fourth-order valence-corrected chi connectivity index (χ4v) is 3.77. The maximum absolute atomic E-state index is 12.9. The van der Waals surface area contributed by atoms with Gasteiger partial charge in [0.25, 0.3) is 11.6 Å². The summed E-state index contributed by atoms with van der Waals surface area (Å²) >= 11 is 1.31. The Labute approximate surface area is 168 Å². The van der Waals surface area contributed by atoms with E-state index in [-0.39, 0.29) is 23.2 Å². The lowest BCUT2D eigenvalue weighted by Gasteiger charge is -2.22. The molecule has 10 nitrogen and oxygen atoms in total. The highest BCUT2D eigenvalue weighted by Gasteiger charge is 2.35. The van der Waals surface area contributed by atoms with E-state index in [2.05, 4.69) is 15.4 Å². The summed E-state index contributed by atoms with van der Waals surface area (Å²) in [5.74, 6) is -0.630. The van der Waals surface area contributed by atoms with E-state index in [4.69, 9.17) is 0 Å². The number of likely N-dealkylation sites (tertiary alicyclic amines) is 1. The summed E-state index contributed by atoms with van der Waals surface area (Å²) in [5, 5.41) is 20.2. The van der Waals surface area contributed by atoms with Gasteiger partial charge in [-0.25, -0.2) is 9.67 Å². The summed E-state index contributed by atoms with van der Waals surface area (Å²) < 4.78 is 1.40. The number of anilines is 1. The van der Waals surface area contributed by atoms with Crippen molar-refractivity contribution in [3.63, 3.8) is 0 Å². The number of nitrogens with zero attached hydrogens (tertiary/aromatic N) is 5. The average molecular weight is 412 g/mol. The Balaban J connectivity index is 1.51. The summed E-state index contributed by atoms with van der Waals surface area (Å²) in [7, 11) is 0. The minimum atomic E-state index is -0.589. The van der Waals surface area contributed by atoms with Gasteiger partial charge in [-0.1, -0.05) is 6.07 Å². The Hall–Kier alpha value is -3.60. The summed E-state index contributed by atoms with van der Waals surface area (Å²) in [6, 6.07) is 6.92. The van der Waals surface area contributed by atoms with Crippen molar-refractivity contribution in [2.24, 2.45) is 0 Å². The molecule has 0 aliphatic carbocycles. The van der Waals surface area contributed by atoms with Crippen molar-refractivity contribution in [1.29, 1.82) is 0 Å². The molecule has 1 N–H and O–H groups in total. The second-order valence-electron chi connectivity index (χ2n) is 6.41. The molecule has 3 heterocycles. The van der Waals surface area contributed by atoms with Crippen molar-refractivity contribution in [1.82, 2.24) is 19.7 Å². The Kier molecular flexibility index (Phi) is 5.04. The molecule has 29 heavy (non-hydrogen) atoms. The van der Waals surface area contributed by atoms with Crippen LogP contribution in [0.15, 0.2) is 48.1 Å². The van der Waals surface area contributed by atoms with Gasteiger partial charge >= 0.3 is 0 Å². The smallest absolute Gasteiger partial charge is 0.275 e. The van der Waals surface area contributed by atoms with Gasteiger partial charge in [-0.3, -0.25) is 19.7 Å². The Morgan fingerprint density at radius 2 is 2.17 bits per heavy atom. The standard InChI is InChI=1S/C18H16N6O4S/c25-16(20-18-19-7-10-29-18)15-5-2-8-22(15)17(26)14-6-9-23(21-14)12-3-1-4-13(11-12)24(27)28/h1,3-4,6-7,9-11,15H,2,5,8H2,(H,19,20,25). The Morgan fingerprint density at radius 3 is 2.93 bits per heavy atom. The normalized spacial score (nSPS) is 16.0. The molecular formula is C18H16N6O4S. The van der Waals surface area contributed by atoms with Crippen molar-refractivity contribution < 1.29 is 14.5 Å². The number of amides is 2. The molecule has 0 bridgehead atoms. The van der Waals surface area contributed by atoms with Crippen molar-refractivity contribution in [3.8, 4) is 5.69 Å². The number of nitro groups is 1. The molecule has 11 heteroatoms. The number of hydrogen-bond donors (Lipinski definition) is 1. The molecule has 2 aromatic heterocycles. The van der Waals surface area contributed by atoms with E-state index in [1.807, 2.05) is 0 Å². The van der Waals surface area contributed by atoms with Crippen molar-refractivity contribution >= 4 is 34.0 Å². The Morgan fingerprint density at radius 1 is 1.31 bits per heavy atom. The van der Waals surface area contributed by atoms with E-state index in [1.54, 1.807) is 29.9 Å². The molecule has 1 aromatic carbocycles. The lowest BCUT2D eigenvalue weighted by Crippen LogP contribution is -2.43. The molecule has 2 amide bonds. The minimum absolute atomic E-state index is 0.0654. The van der Waals surface area contributed by atoms with Crippen LogP contribution in [0.2, 0.25) is 0 Å². The van der Waals surface area contributed by atoms with E-state index < -0.39 is 11.0 Å². The average Bonchev–Trinajstić information content (AvgIpc) is 3.48. The zero-order chi connectivity index (χ0) is 20.4. The molecule has 1 saturated heterocycles. The van der Waals surface area contributed by atoms with Crippen LogP contribution in [-0.4, -0.2) is 49.0 Å². The van der Waals surface area contributed by atoms with E-state index in [1.165, 1.54) is 39.1 Å². The first-order chi connectivity index (χ1) is 14.0.